The molecule has 1 aromatic heterocycles. The SMILES string of the molecule is CCN1C(=O)C(CC(=O)Nc2ccc(OC)cc2OC)SC1=Nc1nccs1. The third kappa shape index (κ3) is 4.45. The maximum absolute atomic E-state index is 12.7. The number of benzene rings is 1. The van der Waals surface area contributed by atoms with Crippen LogP contribution in [0, 0.1) is 0 Å². The van der Waals surface area contributed by atoms with Crippen LogP contribution in [0.5, 0.6) is 11.5 Å². The highest BCUT2D eigenvalue weighted by Crippen LogP contribution is 2.33. The standard InChI is InChI=1S/C18H20N4O4S2/c1-4-22-16(24)14(28-18(22)21-17-19-7-8-27-17)10-15(23)20-12-6-5-11(25-2)9-13(12)26-3/h5-9,14H,4,10H2,1-3H3,(H,20,23). The van der Waals surface area contributed by atoms with Gasteiger partial charge in [-0.3, -0.25) is 14.5 Å². The number of hydrogen-bond acceptors (Lipinski definition) is 8. The van der Waals surface area contributed by atoms with Crippen molar-refractivity contribution in [1.29, 1.82) is 0 Å². The molecule has 1 N–H and O–H groups in total. The summed E-state index contributed by atoms with van der Waals surface area (Å²) in [5, 5.41) is 5.25. The number of thioether (sulfide) groups is 1. The number of thiazole rings is 1. The van der Waals surface area contributed by atoms with Crippen molar-refractivity contribution < 1.29 is 19.1 Å². The third-order valence-electron chi connectivity index (χ3n) is 4.00. The molecule has 1 aliphatic rings. The summed E-state index contributed by atoms with van der Waals surface area (Å²) in [6.45, 7) is 2.36. The second-order valence-corrected chi connectivity index (χ2v) is 7.76. The molecular weight excluding hydrogens is 400 g/mol. The van der Waals surface area contributed by atoms with Gasteiger partial charge in [-0.05, 0) is 19.1 Å². The molecule has 1 saturated heterocycles. The number of carbonyl (C=O) groups excluding carboxylic acids is 2. The predicted molar refractivity (Wildman–Crippen MR) is 111 cm³/mol. The van der Waals surface area contributed by atoms with Gasteiger partial charge in [0.25, 0.3) is 0 Å². The van der Waals surface area contributed by atoms with Crippen molar-refractivity contribution in [3.8, 4) is 11.5 Å². The van der Waals surface area contributed by atoms with E-state index >= 15 is 0 Å². The van der Waals surface area contributed by atoms with E-state index < -0.39 is 5.25 Å². The van der Waals surface area contributed by atoms with E-state index in [9.17, 15) is 9.59 Å². The zero-order valence-corrected chi connectivity index (χ0v) is 17.3. The van der Waals surface area contributed by atoms with Gasteiger partial charge in [-0.15, -0.1) is 11.3 Å². The molecule has 1 fully saturated rings. The van der Waals surface area contributed by atoms with E-state index in [4.69, 9.17) is 9.47 Å². The second kappa shape index (κ2) is 9.07. The Bertz CT molecular complexity index is 886. The zero-order valence-electron chi connectivity index (χ0n) is 15.7. The third-order valence-corrected chi connectivity index (χ3v) is 5.84. The molecule has 28 heavy (non-hydrogen) atoms. The molecule has 8 nitrogen and oxygen atoms in total. The Morgan fingerprint density at radius 2 is 2.18 bits per heavy atom. The Kier molecular flexibility index (Phi) is 6.53. The summed E-state index contributed by atoms with van der Waals surface area (Å²) in [5.41, 5.74) is 0.521. The first-order valence-corrected chi connectivity index (χ1v) is 10.3. The van der Waals surface area contributed by atoms with Crippen molar-refractivity contribution in [2.24, 2.45) is 4.99 Å². The molecule has 1 unspecified atom stereocenters. The molecule has 3 rings (SSSR count). The molecule has 10 heteroatoms. The van der Waals surface area contributed by atoms with Crippen LogP contribution in [0.1, 0.15) is 13.3 Å². The van der Waals surface area contributed by atoms with E-state index in [0.29, 0.717) is 34.0 Å². The molecule has 1 atom stereocenters. The van der Waals surface area contributed by atoms with Crippen LogP contribution >= 0.6 is 23.1 Å². The summed E-state index contributed by atoms with van der Waals surface area (Å²) in [7, 11) is 3.07. The Balaban J connectivity index is 1.69. The molecular formula is C18H20N4O4S2. The van der Waals surface area contributed by atoms with Gasteiger partial charge in [0.2, 0.25) is 16.9 Å². The number of amidine groups is 1. The van der Waals surface area contributed by atoms with Crippen molar-refractivity contribution in [3.63, 3.8) is 0 Å². The number of nitrogens with zero attached hydrogens (tertiary/aromatic N) is 3. The summed E-state index contributed by atoms with van der Waals surface area (Å²) < 4.78 is 10.4. The van der Waals surface area contributed by atoms with Crippen LogP contribution in [0.2, 0.25) is 0 Å². The van der Waals surface area contributed by atoms with Crippen molar-refractivity contribution in [3.05, 3.63) is 29.8 Å². The van der Waals surface area contributed by atoms with Crippen LogP contribution in [0.25, 0.3) is 0 Å². The highest BCUT2D eigenvalue weighted by molar-refractivity contribution is 8.15. The average molecular weight is 421 g/mol. The maximum Gasteiger partial charge on any atom is 0.242 e. The lowest BCUT2D eigenvalue weighted by atomic mass is 10.2. The Morgan fingerprint density at radius 1 is 1.36 bits per heavy atom. The van der Waals surface area contributed by atoms with Gasteiger partial charge in [0.1, 0.15) is 16.7 Å². The number of ether oxygens (including phenoxy) is 2. The van der Waals surface area contributed by atoms with Crippen LogP contribution in [0.4, 0.5) is 10.8 Å². The van der Waals surface area contributed by atoms with E-state index in [1.54, 1.807) is 36.4 Å². The van der Waals surface area contributed by atoms with Crippen LogP contribution < -0.4 is 14.8 Å². The largest absolute Gasteiger partial charge is 0.497 e. The van der Waals surface area contributed by atoms with E-state index in [2.05, 4.69) is 15.3 Å². The van der Waals surface area contributed by atoms with Gasteiger partial charge in [0.05, 0.1) is 19.9 Å². The number of rotatable bonds is 7. The molecule has 0 aliphatic carbocycles. The summed E-state index contributed by atoms with van der Waals surface area (Å²) in [6.07, 6.45) is 1.70. The van der Waals surface area contributed by atoms with E-state index in [-0.39, 0.29) is 18.2 Å². The van der Waals surface area contributed by atoms with E-state index in [0.717, 1.165) is 0 Å². The summed E-state index contributed by atoms with van der Waals surface area (Å²) in [4.78, 5) is 35.3. The number of aromatic nitrogens is 1. The van der Waals surface area contributed by atoms with Crippen molar-refractivity contribution in [2.45, 2.75) is 18.6 Å². The van der Waals surface area contributed by atoms with Crippen LogP contribution in [-0.4, -0.2) is 52.9 Å². The van der Waals surface area contributed by atoms with E-state index in [1.165, 1.54) is 30.2 Å². The van der Waals surface area contributed by atoms with Gasteiger partial charge in [-0.1, -0.05) is 11.8 Å². The highest BCUT2D eigenvalue weighted by Gasteiger charge is 2.38. The first kappa shape index (κ1) is 20.2. The number of nitrogens with one attached hydrogen (secondary N) is 1. The lowest BCUT2D eigenvalue weighted by Gasteiger charge is -2.14. The average Bonchev–Trinajstić information content (AvgIpc) is 3.30. The topological polar surface area (TPSA) is 93.1 Å². The zero-order chi connectivity index (χ0) is 20.1. The van der Waals surface area contributed by atoms with Gasteiger partial charge >= 0.3 is 0 Å². The molecule has 148 valence electrons. The molecule has 0 radical (unpaired) electrons. The van der Waals surface area contributed by atoms with Crippen LogP contribution in [0.3, 0.4) is 0 Å². The molecule has 0 spiro atoms. The van der Waals surface area contributed by atoms with Crippen molar-refractivity contribution in [1.82, 2.24) is 9.88 Å². The minimum absolute atomic E-state index is 0.0338. The minimum atomic E-state index is -0.525. The maximum atomic E-state index is 12.7. The molecule has 2 heterocycles. The second-order valence-electron chi connectivity index (χ2n) is 5.72. The van der Waals surface area contributed by atoms with Crippen LogP contribution in [0.15, 0.2) is 34.8 Å². The highest BCUT2D eigenvalue weighted by atomic mass is 32.2. The van der Waals surface area contributed by atoms with Crippen molar-refractivity contribution in [2.75, 3.05) is 26.1 Å². The van der Waals surface area contributed by atoms with Crippen LogP contribution in [-0.2, 0) is 9.59 Å². The van der Waals surface area contributed by atoms with Gasteiger partial charge in [-0.2, -0.15) is 4.99 Å². The first-order valence-electron chi connectivity index (χ1n) is 8.53. The summed E-state index contributed by atoms with van der Waals surface area (Å²) in [6, 6.07) is 5.11. The first-order chi connectivity index (χ1) is 13.5. The molecule has 2 amide bonds. The van der Waals surface area contributed by atoms with Gasteiger partial charge in [-0.25, -0.2) is 4.98 Å². The molecule has 1 aliphatic heterocycles. The Morgan fingerprint density at radius 3 is 2.82 bits per heavy atom. The fraction of sp³-hybridized carbons (Fsp3) is 0.333. The number of methoxy groups -OCH3 is 2. The lowest BCUT2D eigenvalue weighted by molar-refractivity contribution is -0.128. The number of hydrogen-bond donors (Lipinski definition) is 1. The number of anilines is 1. The fourth-order valence-electron chi connectivity index (χ4n) is 2.64. The van der Waals surface area contributed by atoms with E-state index in [1.807, 2.05) is 12.3 Å². The Hall–Kier alpha value is -2.59. The minimum Gasteiger partial charge on any atom is -0.497 e. The molecule has 2 aromatic rings. The number of carbonyl (C=O) groups is 2. The quantitative estimate of drug-likeness (QED) is 0.740. The number of aliphatic imine (C=N–C) groups is 1. The summed E-state index contributed by atoms with van der Waals surface area (Å²) in [5.74, 6) is 0.706. The Labute approximate surface area is 171 Å². The normalized spacial score (nSPS) is 17.8. The number of amides is 2. The fourth-order valence-corrected chi connectivity index (χ4v) is 4.41. The summed E-state index contributed by atoms with van der Waals surface area (Å²) >= 11 is 2.68. The molecule has 1 aromatic carbocycles. The monoisotopic (exact) mass is 420 g/mol. The van der Waals surface area contributed by atoms with Gasteiger partial charge < -0.3 is 14.8 Å². The predicted octanol–water partition coefficient (Wildman–Crippen LogP) is 3.14. The molecule has 0 saturated carbocycles. The van der Waals surface area contributed by atoms with Gasteiger partial charge in [0.15, 0.2) is 5.17 Å². The lowest BCUT2D eigenvalue weighted by Crippen LogP contribution is -2.33. The van der Waals surface area contributed by atoms with Gasteiger partial charge in [0, 0.05) is 30.6 Å². The smallest absolute Gasteiger partial charge is 0.242 e. The van der Waals surface area contributed by atoms with Crippen molar-refractivity contribution >= 4 is 50.9 Å². The molecule has 0 bridgehead atoms.